The first-order chi connectivity index (χ1) is 14.8. The van der Waals surface area contributed by atoms with Gasteiger partial charge in [-0.3, -0.25) is 19.9 Å². The first-order valence-corrected chi connectivity index (χ1v) is 9.65. The van der Waals surface area contributed by atoms with E-state index >= 15 is 0 Å². The van der Waals surface area contributed by atoms with Crippen molar-refractivity contribution in [2.45, 2.75) is 6.92 Å². The number of nitro benzene ring substituents is 1. The summed E-state index contributed by atoms with van der Waals surface area (Å²) in [5, 5.41) is 14.9. The van der Waals surface area contributed by atoms with Gasteiger partial charge in [-0.2, -0.15) is 5.10 Å². The molecule has 0 aliphatic heterocycles. The van der Waals surface area contributed by atoms with Gasteiger partial charge in [0.25, 0.3) is 11.6 Å². The highest BCUT2D eigenvalue weighted by Gasteiger charge is 2.15. The molecule has 0 unspecified atom stereocenters. The number of nitrogens with zero attached hydrogens (tertiary/aromatic N) is 3. The van der Waals surface area contributed by atoms with Crippen LogP contribution in [0.15, 0.2) is 70.4 Å². The van der Waals surface area contributed by atoms with Crippen LogP contribution in [0.1, 0.15) is 32.0 Å². The monoisotopic (exact) mass is 482 g/mol. The van der Waals surface area contributed by atoms with E-state index in [2.05, 4.69) is 31.4 Å². The van der Waals surface area contributed by atoms with Crippen molar-refractivity contribution in [3.05, 3.63) is 97.8 Å². The minimum absolute atomic E-state index is 0.0468. The number of aryl methyl sites for hydroxylation is 1. The summed E-state index contributed by atoms with van der Waals surface area (Å²) < 4.78 is 6.08. The highest BCUT2D eigenvalue weighted by molar-refractivity contribution is 9.10. The Bertz CT molecular complexity index is 1180. The second-order valence-electron chi connectivity index (χ2n) is 6.27. The molecule has 1 aromatic heterocycles. The van der Waals surface area contributed by atoms with Gasteiger partial charge in [-0.05, 0) is 43.3 Å². The number of hydrogen-bond donors (Lipinski definition) is 1. The zero-order valence-corrected chi connectivity index (χ0v) is 17.7. The van der Waals surface area contributed by atoms with Gasteiger partial charge in [0.2, 0.25) is 0 Å². The van der Waals surface area contributed by atoms with Crippen LogP contribution in [0.5, 0.6) is 5.75 Å². The van der Waals surface area contributed by atoms with E-state index in [0.717, 1.165) is 11.9 Å². The molecule has 156 valence electrons. The Hall–Kier alpha value is -3.92. The average Bonchev–Trinajstić information content (AvgIpc) is 2.75. The van der Waals surface area contributed by atoms with Crippen molar-refractivity contribution in [2.75, 3.05) is 0 Å². The highest BCUT2D eigenvalue weighted by Crippen LogP contribution is 2.24. The summed E-state index contributed by atoms with van der Waals surface area (Å²) >= 11 is 3.28. The summed E-state index contributed by atoms with van der Waals surface area (Å²) in [5.74, 6) is -1.12. The third-order valence-corrected chi connectivity index (χ3v) is 4.50. The molecular weight excluding hydrogens is 468 g/mol. The van der Waals surface area contributed by atoms with Crippen molar-refractivity contribution in [3.63, 3.8) is 0 Å². The topological polar surface area (TPSA) is 124 Å². The van der Waals surface area contributed by atoms with Gasteiger partial charge in [0.15, 0.2) is 0 Å². The zero-order valence-electron chi connectivity index (χ0n) is 16.1. The molecule has 1 heterocycles. The Morgan fingerprint density at radius 2 is 1.97 bits per heavy atom. The van der Waals surface area contributed by atoms with Crippen LogP contribution in [0.3, 0.4) is 0 Å². The van der Waals surface area contributed by atoms with Crippen molar-refractivity contribution in [2.24, 2.45) is 5.10 Å². The van der Waals surface area contributed by atoms with Gasteiger partial charge in [-0.15, -0.1) is 0 Å². The summed E-state index contributed by atoms with van der Waals surface area (Å²) in [6.07, 6.45) is 2.56. The van der Waals surface area contributed by atoms with Gasteiger partial charge < -0.3 is 4.74 Å². The molecule has 0 atom stereocenters. The summed E-state index contributed by atoms with van der Waals surface area (Å²) in [6, 6.07) is 13.5. The van der Waals surface area contributed by atoms with E-state index in [-0.39, 0.29) is 22.6 Å². The van der Waals surface area contributed by atoms with Gasteiger partial charge in [0.1, 0.15) is 5.75 Å². The van der Waals surface area contributed by atoms with Crippen LogP contribution in [0.2, 0.25) is 0 Å². The van der Waals surface area contributed by atoms with E-state index in [0.29, 0.717) is 10.0 Å². The number of ether oxygens (including phenoxy) is 1. The predicted molar refractivity (Wildman–Crippen MR) is 116 cm³/mol. The number of non-ortho nitro benzene ring substituents is 1. The minimum atomic E-state index is -0.653. The van der Waals surface area contributed by atoms with Crippen LogP contribution in [-0.4, -0.2) is 28.0 Å². The molecule has 0 aliphatic rings. The second-order valence-corrected chi connectivity index (χ2v) is 7.18. The van der Waals surface area contributed by atoms with E-state index in [1.807, 2.05) is 0 Å². The fraction of sp³-hybridized carbons (Fsp3) is 0.0476. The largest absolute Gasteiger partial charge is 0.422 e. The number of halogens is 1. The molecule has 10 heteroatoms. The Morgan fingerprint density at radius 3 is 2.65 bits per heavy atom. The molecule has 1 amide bonds. The number of nitrogens with one attached hydrogen (secondary N) is 1. The molecule has 3 rings (SSSR count). The summed E-state index contributed by atoms with van der Waals surface area (Å²) in [5.41, 5.74) is 3.56. The fourth-order valence-electron chi connectivity index (χ4n) is 2.44. The third-order valence-electron chi connectivity index (χ3n) is 4.01. The van der Waals surface area contributed by atoms with Crippen molar-refractivity contribution in [1.82, 2.24) is 10.4 Å². The van der Waals surface area contributed by atoms with Crippen molar-refractivity contribution in [1.29, 1.82) is 0 Å². The van der Waals surface area contributed by atoms with Gasteiger partial charge in [0.05, 0.1) is 22.3 Å². The van der Waals surface area contributed by atoms with Gasteiger partial charge in [-0.25, -0.2) is 10.2 Å². The Kier molecular flexibility index (Phi) is 6.83. The summed E-state index contributed by atoms with van der Waals surface area (Å²) in [6.45, 7) is 1.79. The van der Waals surface area contributed by atoms with Crippen LogP contribution in [0.25, 0.3) is 0 Å². The van der Waals surface area contributed by atoms with Crippen LogP contribution in [0, 0.1) is 17.0 Å². The molecule has 31 heavy (non-hydrogen) atoms. The normalized spacial score (nSPS) is 10.6. The molecule has 2 aromatic carbocycles. The maximum atomic E-state index is 12.4. The molecule has 3 aromatic rings. The lowest BCUT2D eigenvalue weighted by molar-refractivity contribution is -0.384. The van der Waals surface area contributed by atoms with Crippen LogP contribution < -0.4 is 10.2 Å². The van der Waals surface area contributed by atoms with Crippen molar-refractivity contribution < 1.29 is 19.2 Å². The smallest absolute Gasteiger partial charge is 0.343 e. The first-order valence-electron chi connectivity index (χ1n) is 8.86. The lowest BCUT2D eigenvalue weighted by atomic mass is 10.2. The molecule has 0 radical (unpaired) electrons. The summed E-state index contributed by atoms with van der Waals surface area (Å²) in [4.78, 5) is 39.1. The Morgan fingerprint density at radius 1 is 1.16 bits per heavy atom. The average molecular weight is 483 g/mol. The van der Waals surface area contributed by atoms with E-state index in [1.54, 1.807) is 43.3 Å². The van der Waals surface area contributed by atoms with E-state index < -0.39 is 16.8 Å². The lowest BCUT2D eigenvalue weighted by Gasteiger charge is -2.08. The number of rotatable bonds is 6. The number of esters is 1. The Labute approximate surface area is 185 Å². The number of carbonyl (C=O) groups excluding carboxylic acids is 2. The molecular formula is C21H15BrN4O5. The quantitative estimate of drug-likeness (QED) is 0.186. The molecule has 9 nitrogen and oxygen atoms in total. The number of carbonyl (C=O) groups is 2. The molecule has 0 fully saturated rings. The van der Waals surface area contributed by atoms with E-state index in [4.69, 9.17) is 4.74 Å². The standard InChI is InChI=1S/C21H15BrN4O5/c1-13-5-6-15(11-23-13)20(27)25-24-12-16-10-18(26(29)30)7-8-19(16)31-21(28)14-3-2-4-17(22)9-14/h2-12H,1H3,(H,25,27)/b24-12-. The van der Waals surface area contributed by atoms with E-state index in [1.165, 1.54) is 24.4 Å². The maximum absolute atomic E-state index is 12.4. The number of hydrogen-bond acceptors (Lipinski definition) is 7. The molecule has 1 N–H and O–H groups in total. The van der Waals surface area contributed by atoms with Crippen LogP contribution in [-0.2, 0) is 0 Å². The number of pyridine rings is 1. The van der Waals surface area contributed by atoms with Crippen LogP contribution in [0.4, 0.5) is 5.69 Å². The second kappa shape index (κ2) is 9.72. The van der Waals surface area contributed by atoms with Crippen molar-refractivity contribution in [3.8, 4) is 5.75 Å². The van der Waals surface area contributed by atoms with Gasteiger partial charge >= 0.3 is 5.97 Å². The molecule has 0 bridgehead atoms. The number of nitro groups is 1. The molecule has 0 saturated carbocycles. The lowest BCUT2D eigenvalue weighted by Crippen LogP contribution is -2.18. The third kappa shape index (κ3) is 5.80. The SMILES string of the molecule is Cc1ccc(C(=O)N/N=C\c2cc([N+](=O)[O-])ccc2OC(=O)c2cccc(Br)c2)cn1. The fourth-order valence-corrected chi connectivity index (χ4v) is 2.84. The summed E-state index contributed by atoms with van der Waals surface area (Å²) in [7, 11) is 0. The zero-order chi connectivity index (χ0) is 22.4. The maximum Gasteiger partial charge on any atom is 0.343 e. The highest BCUT2D eigenvalue weighted by atomic mass is 79.9. The predicted octanol–water partition coefficient (Wildman–Crippen LogP) is 4.04. The number of benzene rings is 2. The van der Waals surface area contributed by atoms with Gasteiger partial charge in [-0.1, -0.05) is 22.0 Å². The molecule has 0 spiro atoms. The number of amides is 1. The molecule has 0 aliphatic carbocycles. The number of hydrazone groups is 1. The first kappa shape index (κ1) is 21.8. The number of aromatic nitrogens is 1. The van der Waals surface area contributed by atoms with Crippen molar-refractivity contribution >= 4 is 39.7 Å². The van der Waals surface area contributed by atoms with Gasteiger partial charge in [0, 0.05) is 34.1 Å². The van der Waals surface area contributed by atoms with Crippen LogP contribution >= 0.6 is 15.9 Å². The van der Waals surface area contributed by atoms with E-state index in [9.17, 15) is 19.7 Å². The molecule has 0 saturated heterocycles. The minimum Gasteiger partial charge on any atom is -0.422 e. The Balaban J connectivity index is 1.81.